The topological polar surface area (TPSA) is 87.5 Å². The Morgan fingerprint density at radius 3 is 2.81 bits per heavy atom. The number of carbonyl (C=O) groups excluding carboxylic acids is 2. The molecular weight excluding hydrogens is 356 g/mol. The first-order chi connectivity index (χ1) is 12.5. The van der Waals surface area contributed by atoms with E-state index in [0.29, 0.717) is 47.4 Å². The molecule has 138 valence electrons. The summed E-state index contributed by atoms with van der Waals surface area (Å²) in [5, 5.41) is 10.1. The highest BCUT2D eigenvalue weighted by Gasteiger charge is 2.24. The van der Waals surface area contributed by atoms with Crippen LogP contribution < -0.4 is 15.5 Å². The van der Waals surface area contributed by atoms with Crippen LogP contribution in [-0.4, -0.2) is 29.6 Å². The van der Waals surface area contributed by atoms with Gasteiger partial charge in [0.15, 0.2) is 5.82 Å². The monoisotopic (exact) mass is 376 g/mol. The summed E-state index contributed by atoms with van der Waals surface area (Å²) in [4.78, 5) is 26.0. The molecule has 7 nitrogen and oxygen atoms in total. The Morgan fingerprint density at radius 1 is 1.42 bits per heavy atom. The summed E-state index contributed by atoms with van der Waals surface area (Å²) in [6.07, 6.45) is 1.97. The number of aromatic nitrogens is 1. The average molecular weight is 377 g/mol. The van der Waals surface area contributed by atoms with E-state index >= 15 is 0 Å². The number of hydrogen-bond donors (Lipinski definition) is 2. The van der Waals surface area contributed by atoms with Crippen molar-refractivity contribution in [3.63, 3.8) is 0 Å². The van der Waals surface area contributed by atoms with E-state index in [1.165, 1.54) is 0 Å². The van der Waals surface area contributed by atoms with Crippen molar-refractivity contribution in [2.75, 3.05) is 22.1 Å². The van der Waals surface area contributed by atoms with Gasteiger partial charge in [0.25, 0.3) is 0 Å². The van der Waals surface area contributed by atoms with Crippen LogP contribution in [0.5, 0.6) is 0 Å². The van der Waals surface area contributed by atoms with Gasteiger partial charge in [0, 0.05) is 24.7 Å². The van der Waals surface area contributed by atoms with E-state index in [0.717, 1.165) is 6.42 Å². The van der Waals surface area contributed by atoms with Gasteiger partial charge in [-0.15, -0.1) is 0 Å². The van der Waals surface area contributed by atoms with Crippen molar-refractivity contribution in [3.8, 4) is 0 Å². The van der Waals surface area contributed by atoms with Crippen LogP contribution in [0.15, 0.2) is 28.8 Å². The molecule has 0 aliphatic carbocycles. The third-order valence-electron chi connectivity index (χ3n) is 4.26. The van der Waals surface area contributed by atoms with Crippen molar-refractivity contribution < 1.29 is 14.1 Å². The van der Waals surface area contributed by atoms with Crippen molar-refractivity contribution in [1.29, 1.82) is 0 Å². The minimum Gasteiger partial charge on any atom is -0.374 e. The lowest BCUT2D eigenvalue weighted by molar-refractivity contribution is -0.117. The number of hydrogen-bond acceptors (Lipinski definition) is 5. The first-order valence-corrected chi connectivity index (χ1v) is 8.96. The molecule has 1 atom stereocenters. The molecular formula is C18H21ClN4O3. The zero-order valence-electron chi connectivity index (χ0n) is 14.7. The van der Waals surface area contributed by atoms with Crippen LogP contribution in [-0.2, 0) is 9.59 Å². The maximum atomic E-state index is 12.4. The Balaban J connectivity index is 1.69. The van der Waals surface area contributed by atoms with E-state index in [2.05, 4.69) is 15.8 Å². The highest BCUT2D eigenvalue weighted by molar-refractivity contribution is 6.34. The van der Waals surface area contributed by atoms with Crippen molar-refractivity contribution in [2.24, 2.45) is 0 Å². The number of halogens is 1. The van der Waals surface area contributed by atoms with Gasteiger partial charge in [-0.1, -0.05) is 23.7 Å². The molecule has 0 spiro atoms. The maximum Gasteiger partial charge on any atom is 0.248 e. The van der Waals surface area contributed by atoms with Crippen LogP contribution in [0.3, 0.4) is 0 Å². The molecule has 2 amide bonds. The Morgan fingerprint density at radius 2 is 2.23 bits per heavy atom. The predicted molar refractivity (Wildman–Crippen MR) is 101 cm³/mol. The Bertz CT molecular complexity index is 821. The molecule has 0 bridgehead atoms. The molecule has 1 aromatic heterocycles. The normalized spacial score (nSPS) is 15.2. The first kappa shape index (κ1) is 18.3. The number of nitrogens with zero attached hydrogens (tertiary/aromatic N) is 2. The number of aryl methyl sites for hydroxylation is 1. The van der Waals surface area contributed by atoms with Gasteiger partial charge in [-0.05, 0) is 38.0 Å². The van der Waals surface area contributed by atoms with Crippen LogP contribution in [0.2, 0.25) is 5.02 Å². The molecule has 1 fully saturated rings. The van der Waals surface area contributed by atoms with Gasteiger partial charge in [-0.2, -0.15) is 0 Å². The largest absolute Gasteiger partial charge is 0.374 e. The number of benzene rings is 1. The highest BCUT2D eigenvalue weighted by atomic mass is 35.5. The fourth-order valence-corrected chi connectivity index (χ4v) is 3.19. The second-order valence-electron chi connectivity index (χ2n) is 6.23. The lowest BCUT2D eigenvalue weighted by atomic mass is 10.2. The second-order valence-corrected chi connectivity index (χ2v) is 6.64. The van der Waals surface area contributed by atoms with Crippen LogP contribution >= 0.6 is 11.6 Å². The quantitative estimate of drug-likeness (QED) is 0.804. The molecule has 1 aromatic carbocycles. The molecule has 1 saturated heterocycles. The molecule has 1 unspecified atom stereocenters. The highest BCUT2D eigenvalue weighted by Crippen LogP contribution is 2.32. The lowest BCUT2D eigenvalue weighted by Gasteiger charge is -2.20. The van der Waals surface area contributed by atoms with Gasteiger partial charge >= 0.3 is 0 Å². The van der Waals surface area contributed by atoms with Gasteiger partial charge in [0.05, 0.1) is 10.7 Å². The summed E-state index contributed by atoms with van der Waals surface area (Å²) < 4.78 is 4.95. The number of rotatable bonds is 6. The maximum absolute atomic E-state index is 12.4. The number of nitrogens with one attached hydrogen (secondary N) is 2. The molecule has 0 radical (unpaired) electrons. The van der Waals surface area contributed by atoms with Gasteiger partial charge < -0.3 is 20.1 Å². The van der Waals surface area contributed by atoms with Crippen molar-refractivity contribution in [3.05, 3.63) is 35.0 Å². The summed E-state index contributed by atoms with van der Waals surface area (Å²) in [6.45, 7) is 4.35. The minimum absolute atomic E-state index is 0.0846. The second kappa shape index (κ2) is 7.78. The van der Waals surface area contributed by atoms with E-state index in [-0.39, 0.29) is 11.8 Å². The van der Waals surface area contributed by atoms with E-state index in [1.807, 2.05) is 13.0 Å². The zero-order chi connectivity index (χ0) is 18.7. The first-order valence-electron chi connectivity index (χ1n) is 8.58. The summed E-state index contributed by atoms with van der Waals surface area (Å²) in [5.74, 6) is 0.880. The van der Waals surface area contributed by atoms with E-state index in [4.69, 9.17) is 16.1 Å². The molecule has 1 aliphatic rings. The number of amides is 2. The van der Waals surface area contributed by atoms with Gasteiger partial charge in [-0.3, -0.25) is 9.59 Å². The van der Waals surface area contributed by atoms with Crippen molar-refractivity contribution in [1.82, 2.24) is 5.16 Å². The molecule has 2 aromatic rings. The average Bonchev–Trinajstić information content (AvgIpc) is 3.21. The summed E-state index contributed by atoms with van der Waals surface area (Å²) in [5.41, 5.74) is 1.42. The molecule has 1 aliphatic heterocycles. The van der Waals surface area contributed by atoms with Crippen LogP contribution in [0.4, 0.5) is 17.2 Å². The molecule has 8 heteroatoms. The van der Waals surface area contributed by atoms with Crippen molar-refractivity contribution in [2.45, 2.75) is 39.2 Å². The summed E-state index contributed by atoms with van der Waals surface area (Å²) in [6, 6.07) is 6.56. The summed E-state index contributed by atoms with van der Waals surface area (Å²) >= 11 is 6.36. The smallest absolute Gasteiger partial charge is 0.248 e. The SMILES string of the molecule is CCC(Nc1ccc(N2CCCC2=O)c(Cl)c1)C(=O)Nc1cc(C)on1. The minimum atomic E-state index is -0.456. The fraction of sp³-hybridized carbons (Fsp3) is 0.389. The van der Waals surface area contributed by atoms with Crippen LogP contribution in [0.25, 0.3) is 0 Å². The third-order valence-corrected chi connectivity index (χ3v) is 4.56. The number of anilines is 3. The molecule has 2 heterocycles. The predicted octanol–water partition coefficient (Wildman–Crippen LogP) is 3.59. The lowest BCUT2D eigenvalue weighted by Crippen LogP contribution is -2.34. The van der Waals surface area contributed by atoms with Gasteiger partial charge in [0.2, 0.25) is 11.8 Å². The molecule has 0 saturated carbocycles. The van der Waals surface area contributed by atoms with Gasteiger partial charge in [-0.25, -0.2) is 0 Å². The van der Waals surface area contributed by atoms with E-state index in [1.54, 1.807) is 30.0 Å². The van der Waals surface area contributed by atoms with Crippen LogP contribution in [0, 0.1) is 6.92 Å². The Kier molecular flexibility index (Phi) is 5.46. The third kappa shape index (κ3) is 3.99. The van der Waals surface area contributed by atoms with E-state index in [9.17, 15) is 9.59 Å². The number of carbonyl (C=O) groups is 2. The standard InChI is InChI=1S/C18H21ClN4O3/c1-3-14(18(25)21-16-9-11(2)26-22-16)20-12-6-7-15(13(19)10-12)23-8-4-5-17(23)24/h6-7,9-10,14,20H,3-5,8H2,1-2H3,(H,21,22,25). The molecule has 2 N–H and O–H groups in total. The zero-order valence-corrected chi connectivity index (χ0v) is 15.5. The Hall–Kier alpha value is -2.54. The Labute approximate surface area is 156 Å². The van der Waals surface area contributed by atoms with Gasteiger partial charge in [0.1, 0.15) is 11.8 Å². The summed E-state index contributed by atoms with van der Waals surface area (Å²) in [7, 11) is 0. The van der Waals surface area contributed by atoms with Crippen LogP contribution in [0.1, 0.15) is 31.9 Å². The molecule has 3 rings (SSSR count). The molecule has 26 heavy (non-hydrogen) atoms. The van der Waals surface area contributed by atoms with Crippen molar-refractivity contribution >= 4 is 40.6 Å². The fourth-order valence-electron chi connectivity index (χ4n) is 2.91. The van der Waals surface area contributed by atoms with E-state index < -0.39 is 6.04 Å².